The van der Waals surface area contributed by atoms with Crippen LogP contribution in [0.1, 0.15) is 11.6 Å². The normalized spacial score (nSPS) is 12.0. The van der Waals surface area contributed by atoms with E-state index in [1.807, 2.05) is 30.3 Å². The van der Waals surface area contributed by atoms with Crippen LogP contribution in [0.2, 0.25) is 0 Å². The monoisotopic (exact) mass is 131 g/mol. The van der Waals surface area contributed by atoms with E-state index in [1.165, 1.54) is 0 Å². The van der Waals surface area contributed by atoms with Crippen molar-refractivity contribution < 1.29 is 0 Å². The van der Waals surface area contributed by atoms with E-state index < -0.39 is 0 Å². The SMILES string of the molecule is C#C[C@@H](N)c1ccccc1. The molecule has 0 amide bonds. The highest BCUT2D eigenvalue weighted by Gasteiger charge is 1.97. The standard InChI is InChI=1S/C9H9N/c1-2-9(10)8-6-4-3-5-7-8/h1,3-7,9H,10H2/t9-/m1/s1. The van der Waals surface area contributed by atoms with Crippen LogP contribution in [-0.4, -0.2) is 0 Å². The summed E-state index contributed by atoms with van der Waals surface area (Å²) in [6.07, 6.45) is 5.13. The molecule has 0 spiro atoms. The third kappa shape index (κ3) is 1.37. The molecule has 1 atom stereocenters. The lowest BCUT2D eigenvalue weighted by Gasteiger charge is -2.01. The molecule has 2 N–H and O–H groups in total. The second kappa shape index (κ2) is 3.05. The van der Waals surface area contributed by atoms with Gasteiger partial charge in [-0.3, -0.25) is 0 Å². The van der Waals surface area contributed by atoms with Gasteiger partial charge in [0.2, 0.25) is 0 Å². The summed E-state index contributed by atoms with van der Waals surface area (Å²) in [5.41, 5.74) is 6.55. The van der Waals surface area contributed by atoms with E-state index in [-0.39, 0.29) is 6.04 Å². The molecule has 0 unspecified atom stereocenters. The molecule has 0 aliphatic heterocycles. The first-order valence-corrected chi connectivity index (χ1v) is 3.11. The van der Waals surface area contributed by atoms with Gasteiger partial charge in [0.1, 0.15) is 0 Å². The first-order valence-electron chi connectivity index (χ1n) is 3.11. The molecule has 0 aliphatic rings. The van der Waals surface area contributed by atoms with E-state index in [0.717, 1.165) is 5.56 Å². The molecule has 50 valence electrons. The fraction of sp³-hybridized carbons (Fsp3) is 0.111. The minimum Gasteiger partial charge on any atom is -0.314 e. The predicted molar refractivity (Wildman–Crippen MR) is 42.2 cm³/mol. The summed E-state index contributed by atoms with van der Waals surface area (Å²) in [6, 6.07) is 9.36. The Bertz CT molecular complexity index is 233. The summed E-state index contributed by atoms with van der Waals surface area (Å²) < 4.78 is 0. The fourth-order valence-corrected chi connectivity index (χ4v) is 0.757. The molecule has 0 fully saturated rings. The molecule has 0 heterocycles. The van der Waals surface area contributed by atoms with Crippen LogP contribution < -0.4 is 5.73 Å². The second-order valence-electron chi connectivity index (χ2n) is 2.06. The Balaban J connectivity index is 2.88. The van der Waals surface area contributed by atoms with E-state index in [0.29, 0.717) is 0 Å². The van der Waals surface area contributed by atoms with Gasteiger partial charge < -0.3 is 5.73 Å². The smallest absolute Gasteiger partial charge is 0.0918 e. The van der Waals surface area contributed by atoms with Crippen molar-refractivity contribution in [1.82, 2.24) is 0 Å². The third-order valence-corrected chi connectivity index (χ3v) is 1.34. The van der Waals surface area contributed by atoms with E-state index in [9.17, 15) is 0 Å². The van der Waals surface area contributed by atoms with Gasteiger partial charge >= 0.3 is 0 Å². The summed E-state index contributed by atoms with van der Waals surface area (Å²) in [5, 5.41) is 0. The van der Waals surface area contributed by atoms with Crippen molar-refractivity contribution in [2.24, 2.45) is 5.73 Å². The summed E-state index contributed by atoms with van der Waals surface area (Å²) >= 11 is 0. The van der Waals surface area contributed by atoms with E-state index >= 15 is 0 Å². The van der Waals surface area contributed by atoms with Gasteiger partial charge in [0.25, 0.3) is 0 Å². The summed E-state index contributed by atoms with van der Waals surface area (Å²) in [6.45, 7) is 0. The zero-order chi connectivity index (χ0) is 7.40. The highest BCUT2D eigenvalue weighted by Crippen LogP contribution is 2.06. The van der Waals surface area contributed by atoms with Crippen molar-refractivity contribution in [1.29, 1.82) is 0 Å². The van der Waals surface area contributed by atoms with Crippen molar-refractivity contribution >= 4 is 0 Å². The minimum absolute atomic E-state index is 0.263. The Morgan fingerprint density at radius 2 is 1.90 bits per heavy atom. The van der Waals surface area contributed by atoms with Gasteiger partial charge in [0.05, 0.1) is 6.04 Å². The Kier molecular flexibility index (Phi) is 2.09. The first-order chi connectivity index (χ1) is 4.84. The molecular formula is C9H9N. The summed E-state index contributed by atoms with van der Waals surface area (Å²) in [5.74, 6) is 2.46. The number of terminal acetylenes is 1. The Hall–Kier alpha value is -1.26. The highest BCUT2D eigenvalue weighted by molar-refractivity contribution is 5.24. The van der Waals surface area contributed by atoms with Gasteiger partial charge in [-0.2, -0.15) is 0 Å². The molecule has 0 radical (unpaired) electrons. The van der Waals surface area contributed by atoms with Crippen LogP contribution in [0.5, 0.6) is 0 Å². The average Bonchev–Trinajstić information content (AvgIpc) is 2.05. The van der Waals surface area contributed by atoms with Crippen molar-refractivity contribution in [3.63, 3.8) is 0 Å². The first kappa shape index (κ1) is 6.85. The number of rotatable bonds is 1. The van der Waals surface area contributed by atoms with Gasteiger partial charge in [0.15, 0.2) is 0 Å². The largest absolute Gasteiger partial charge is 0.314 e. The topological polar surface area (TPSA) is 26.0 Å². The second-order valence-corrected chi connectivity index (χ2v) is 2.06. The number of hydrogen-bond donors (Lipinski definition) is 1. The van der Waals surface area contributed by atoms with Crippen LogP contribution in [-0.2, 0) is 0 Å². The molecule has 0 aromatic heterocycles. The van der Waals surface area contributed by atoms with E-state index in [4.69, 9.17) is 12.2 Å². The lowest BCUT2D eigenvalue weighted by molar-refractivity contribution is 0.946. The van der Waals surface area contributed by atoms with E-state index in [1.54, 1.807) is 0 Å². The molecule has 1 aromatic carbocycles. The summed E-state index contributed by atoms with van der Waals surface area (Å²) in [7, 11) is 0. The van der Waals surface area contributed by atoms with Crippen molar-refractivity contribution in [3.05, 3.63) is 35.9 Å². The quantitative estimate of drug-likeness (QED) is 0.571. The van der Waals surface area contributed by atoms with Gasteiger partial charge in [0, 0.05) is 0 Å². The maximum absolute atomic E-state index is 5.56. The molecule has 0 aliphatic carbocycles. The molecule has 0 saturated carbocycles. The van der Waals surface area contributed by atoms with Crippen LogP contribution in [0.3, 0.4) is 0 Å². The summed E-state index contributed by atoms with van der Waals surface area (Å²) in [4.78, 5) is 0. The van der Waals surface area contributed by atoms with Crippen LogP contribution in [0, 0.1) is 12.3 Å². The molecular weight excluding hydrogens is 122 g/mol. The molecule has 1 aromatic rings. The van der Waals surface area contributed by atoms with Crippen molar-refractivity contribution in [2.45, 2.75) is 6.04 Å². The zero-order valence-corrected chi connectivity index (χ0v) is 5.62. The van der Waals surface area contributed by atoms with Crippen molar-refractivity contribution in [3.8, 4) is 12.3 Å². The minimum atomic E-state index is -0.263. The van der Waals surface area contributed by atoms with Gasteiger partial charge in [-0.15, -0.1) is 6.42 Å². The maximum atomic E-state index is 5.56. The van der Waals surface area contributed by atoms with Gasteiger partial charge in [-0.05, 0) is 5.56 Å². The average molecular weight is 131 g/mol. The van der Waals surface area contributed by atoms with Gasteiger partial charge in [-0.1, -0.05) is 36.3 Å². The van der Waals surface area contributed by atoms with Gasteiger partial charge in [-0.25, -0.2) is 0 Å². The van der Waals surface area contributed by atoms with Crippen LogP contribution in [0.4, 0.5) is 0 Å². The maximum Gasteiger partial charge on any atom is 0.0918 e. The lowest BCUT2D eigenvalue weighted by atomic mass is 10.1. The Morgan fingerprint density at radius 3 is 2.40 bits per heavy atom. The fourth-order valence-electron chi connectivity index (χ4n) is 0.757. The predicted octanol–water partition coefficient (Wildman–Crippen LogP) is 1.32. The zero-order valence-electron chi connectivity index (χ0n) is 5.62. The van der Waals surface area contributed by atoms with Crippen LogP contribution in [0.15, 0.2) is 30.3 Å². The molecule has 1 heteroatoms. The van der Waals surface area contributed by atoms with E-state index in [2.05, 4.69) is 5.92 Å². The van der Waals surface area contributed by atoms with Crippen LogP contribution >= 0.6 is 0 Å². The highest BCUT2D eigenvalue weighted by atomic mass is 14.6. The lowest BCUT2D eigenvalue weighted by Crippen LogP contribution is -2.06. The number of benzene rings is 1. The molecule has 1 nitrogen and oxygen atoms in total. The molecule has 10 heavy (non-hydrogen) atoms. The molecule has 1 rings (SSSR count). The number of nitrogens with two attached hydrogens (primary N) is 1. The van der Waals surface area contributed by atoms with Crippen molar-refractivity contribution in [2.75, 3.05) is 0 Å². The Labute approximate surface area is 60.9 Å². The number of hydrogen-bond acceptors (Lipinski definition) is 1. The van der Waals surface area contributed by atoms with Crippen LogP contribution in [0.25, 0.3) is 0 Å². The molecule has 0 saturated heterocycles. The third-order valence-electron chi connectivity index (χ3n) is 1.34. The Morgan fingerprint density at radius 1 is 1.30 bits per heavy atom. The molecule has 0 bridgehead atoms.